The van der Waals surface area contributed by atoms with E-state index in [-0.39, 0.29) is 11.6 Å². The molecule has 0 aliphatic heterocycles. The maximum atomic E-state index is 13.6. The van der Waals surface area contributed by atoms with Crippen molar-refractivity contribution in [3.63, 3.8) is 0 Å². The molecule has 0 bridgehead atoms. The van der Waals surface area contributed by atoms with Crippen molar-refractivity contribution in [2.24, 2.45) is 7.05 Å². The van der Waals surface area contributed by atoms with Crippen LogP contribution in [0.15, 0.2) is 47.6 Å². The Bertz CT molecular complexity index is 847. The first-order valence-electron chi connectivity index (χ1n) is 7.23. The van der Waals surface area contributed by atoms with Crippen molar-refractivity contribution in [3.05, 3.63) is 53.8 Å². The number of para-hydroxylation sites is 2. The lowest BCUT2D eigenvalue weighted by molar-refractivity contribution is 0.578. The van der Waals surface area contributed by atoms with E-state index in [0.29, 0.717) is 10.7 Å². The van der Waals surface area contributed by atoms with Gasteiger partial charge in [0.05, 0.1) is 11.0 Å². The van der Waals surface area contributed by atoms with Crippen LogP contribution in [0.2, 0.25) is 0 Å². The van der Waals surface area contributed by atoms with Gasteiger partial charge in [0.15, 0.2) is 0 Å². The highest BCUT2D eigenvalue weighted by atomic mass is 32.2. The summed E-state index contributed by atoms with van der Waals surface area (Å²) in [7, 11) is 5.62. The van der Waals surface area contributed by atoms with E-state index in [4.69, 9.17) is 0 Å². The van der Waals surface area contributed by atoms with Crippen LogP contribution >= 0.6 is 0 Å². The molecule has 2 aromatic carbocycles. The normalized spacial score (nSPS) is 12.6. The van der Waals surface area contributed by atoms with Gasteiger partial charge in [0, 0.05) is 43.6 Å². The van der Waals surface area contributed by atoms with Gasteiger partial charge >= 0.3 is 5.16 Å². The molecule has 120 valence electrons. The molecule has 0 aliphatic rings. The third-order valence-corrected chi connectivity index (χ3v) is 5.11. The number of imidazole rings is 1. The van der Waals surface area contributed by atoms with Gasteiger partial charge in [-0.15, -0.1) is 0 Å². The van der Waals surface area contributed by atoms with Crippen LogP contribution in [0.25, 0.3) is 11.0 Å². The molecule has 0 saturated carbocycles. The van der Waals surface area contributed by atoms with Crippen LogP contribution in [-0.2, 0) is 24.0 Å². The largest absolute Gasteiger partial charge is 0.609 e. The average Bonchev–Trinajstić information content (AvgIpc) is 2.85. The molecule has 0 fully saturated rings. The van der Waals surface area contributed by atoms with Gasteiger partial charge in [-0.2, -0.15) is 4.98 Å². The van der Waals surface area contributed by atoms with Crippen LogP contribution in [0.5, 0.6) is 0 Å². The minimum Gasteiger partial charge on any atom is -0.609 e. The molecular weight excluding hydrogens is 313 g/mol. The molecule has 0 aliphatic carbocycles. The number of aromatic nitrogens is 2. The minimum absolute atomic E-state index is 0.225. The van der Waals surface area contributed by atoms with Crippen molar-refractivity contribution in [3.8, 4) is 0 Å². The van der Waals surface area contributed by atoms with Crippen LogP contribution in [0.3, 0.4) is 0 Å². The number of rotatable bonds is 4. The first-order chi connectivity index (χ1) is 11.0. The van der Waals surface area contributed by atoms with Crippen molar-refractivity contribution >= 4 is 27.9 Å². The van der Waals surface area contributed by atoms with E-state index in [1.807, 2.05) is 54.9 Å². The SMILES string of the molecule is CN(C)c1ccc(F)cc1C[S+]([O-])c1nc2ccccc2n1C. The third kappa shape index (κ3) is 3.04. The fraction of sp³-hybridized carbons (Fsp3) is 0.235. The summed E-state index contributed by atoms with van der Waals surface area (Å²) in [5.41, 5.74) is 3.31. The second kappa shape index (κ2) is 6.22. The fourth-order valence-electron chi connectivity index (χ4n) is 2.64. The number of hydrogen-bond donors (Lipinski definition) is 0. The zero-order valence-corrected chi connectivity index (χ0v) is 14.1. The summed E-state index contributed by atoms with van der Waals surface area (Å²) >= 11 is -1.36. The van der Waals surface area contributed by atoms with Gasteiger partial charge in [-0.1, -0.05) is 12.1 Å². The number of nitrogens with zero attached hydrogens (tertiary/aromatic N) is 3. The molecule has 23 heavy (non-hydrogen) atoms. The molecule has 0 radical (unpaired) electrons. The van der Waals surface area contributed by atoms with Crippen molar-refractivity contribution in [2.45, 2.75) is 10.9 Å². The zero-order valence-electron chi connectivity index (χ0n) is 13.3. The van der Waals surface area contributed by atoms with E-state index >= 15 is 0 Å². The molecule has 6 heteroatoms. The highest BCUT2D eigenvalue weighted by Crippen LogP contribution is 2.26. The lowest BCUT2D eigenvalue weighted by Gasteiger charge is -2.18. The van der Waals surface area contributed by atoms with Crippen LogP contribution in [0.4, 0.5) is 10.1 Å². The first-order valence-corrected chi connectivity index (χ1v) is 8.55. The summed E-state index contributed by atoms with van der Waals surface area (Å²) in [6, 6.07) is 12.2. The minimum atomic E-state index is -1.36. The molecule has 1 unspecified atom stereocenters. The standard InChI is InChI=1S/C17H18FN3OS/c1-20(2)15-9-8-13(18)10-12(15)11-23(22)17-19-14-6-4-5-7-16(14)21(17)3/h4-10H,11H2,1-3H3. The van der Waals surface area contributed by atoms with Crippen molar-refractivity contribution in [1.82, 2.24) is 9.55 Å². The molecule has 0 spiro atoms. The second-order valence-corrected chi connectivity index (χ2v) is 6.94. The first kappa shape index (κ1) is 15.8. The zero-order chi connectivity index (χ0) is 16.6. The quantitative estimate of drug-likeness (QED) is 0.690. The maximum absolute atomic E-state index is 13.6. The summed E-state index contributed by atoms with van der Waals surface area (Å²) in [4.78, 5) is 6.35. The highest BCUT2D eigenvalue weighted by Gasteiger charge is 2.22. The Morgan fingerprint density at radius 2 is 1.96 bits per heavy atom. The Kier molecular flexibility index (Phi) is 4.28. The Morgan fingerprint density at radius 3 is 2.65 bits per heavy atom. The van der Waals surface area contributed by atoms with Crippen LogP contribution in [0.1, 0.15) is 5.56 Å². The summed E-state index contributed by atoms with van der Waals surface area (Å²) in [6.45, 7) is 0. The molecule has 3 rings (SSSR count). The predicted octanol–water partition coefficient (Wildman–Crippen LogP) is 3.09. The van der Waals surface area contributed by atoms with Gasteiger partial charge in [0.25, 0.3) is 0 Å². The van der Waals surface area contributed by atoms with Crippen LogP contribution in [-0.4, -0.2) is 28.2 Å². The Labute approximate surface area is 137 Å². The number of fused-ring (bicyclic) bond motifs is 1. The van der Waals surface area contributed by atoms with E-state index in [1.165, 1.54) is 12.1 Å². The van der Waals surface area contributed by atoms with Crippen LogP contribution < -0.4 is 4.90 Å². The topological polar surface area (TPSA) is 44.1 Å². The van der Waals surface area contributed by atoms with Gasteiger partial charge in [0.2, 0.25) is 0 Å². The number of anilines is 1. The number of aryl methyl sites for hydroxylation is 1. The molecule has 3 aromatic rings. The molecule has 0 amide bonds. The molecule has 0 saturated heterocycles. The van der Waals surface area contributed by atoms with E-state index in [0.717, 1.165) is 16.7 Å². The van der Waals surface area contributed by atoms with Crippen molar-refractivity contribution in [1.29, 1.82) is 0 Å². The molecule has 0 N–H and O–H groups in total. The fourth-order valence-corrected chi connectivity index (χ4v) is 3.89. The van der Waals surface area contributed by atoms with E-state index in [2.05, 4.69) is 4.98 Å². The van der Waals surface area contributed by atoms with Gasteiger partial charge in [-0.3, -0.25) is 4.57 Å². The summed E-state index contributed by atoms with van der Waals surface area (Å²) in [6.07, 6.45) is 0. The Balaban J connectivity index is 1.96. The maximum Gasteiger partial charge on any atom is 0.324 e. The van der Waals surface area contributed by atoms with Crippen LogP contribution in [0, 0.1) is 5.82 Å². The predicted molar refractivity (Wildman–Crippen MR) is 91.6 cm³/mol. The second-order valence-electron chi connectivity index (χ2n) is 5.60. The average molecular weight is 331 g/mol. The lowest BCUT2D eigenvalue weighted by atomic mass is 10.2. The van der Waals surface area contributed by atoms with Gasteiger partial charge < -0.3 is 9.45 Å². The monoisotopic (exact) mass is 331 g/mol. The van der Waals surface area contributed by atoms with E-state index in [1.54, 1.807) is 6.07 Å². The molecule has 1 aromatic heterocycles. The molecule has 4 nitrogen and oxygen atoms in total. The van der Waals surface area contributed by atoms with Gasteiger partial charge in [-0.25, -0.2) is 4.39 Å². The Hall–Kier alpha value is -2.05. The highest BCUT2D eigenvalue weighted by molar-refractivity contribution is 7.90. The lowest BCUT2D eigenvalue weighted by Crippen LogP contribution is -2.16. The Morgan fingerprint density at radius 1 is 1.22 bits per heavy atom. The third-order valence-electron chi connectivity index (χ3n) is 3.76. The van der Waals surface area contributed by atoms with E-state index in [9.17, 15) is 8.94 Å². The van der Waals surface area contributed by atoms with Crippen molar-refractivity contribution < 1.29 is 8.94 Å². The van der Waals surface area contributed by atoms with Gasteiger partial charge in [-0.05, 0) is 30.3 Å². The van der Waals surface area contributed by atoms with E-state index < -0.39 is 11.2 Å². The summed E-state index contributed by atoms with van der Waals surface area (Å²) in [5, 5.41) is 0.500. The molecule has 1 atom stereocenters. The molecule has 1 heterocycles. The summed E-state index contributed by atoms with van der Waals surface area (Å²) < 4.78 is 28.2. The number of hydrogen-bond acceptors (Lipinski definition) is 3. The molecular formula is C17H18FN3OS. The van der Waals surface area contributed by atoms with Gasteiger partial charge in [0.1, 0.15) is 11.6 Å². The summed E-state index contributed by atoms with van der Waals surface area (Å²) in [5.74, 6) is -0.102. The van der Waals surface area contributed by atoms with Crippen molar-refractivity contribution in [2.75, 3.05) is 19.0 Å². The number of halogens is 1. The smallest absolute Gasteiger partial charge is 0.324 e. The number of benzene rings is 2.